The summed E-state index contributed by atoms with van der Waals surface area (Å²) in [7, 11) is -3.42. The van der Waals surface area contributed by atoms with Crippen LogP contribution in [0.3, 0.4) is 0 Å². The molecule has 0 saturated carbocycles. The summed E-state index contributed by atoms with van der Waals surface area (Å²) in [5, 5.41) is 8.82. The largest absolute Gasteiger partial charge is 0.444 e. The van der Waals surface area contributed by atoms with Crippen molar-refractivity contribution in [2.24, 2.45) is 0 Å². The number of ether oxygens (including phenoxy) is 1. The lowest BCUT2D eigenvalue weighted by Crippen LogP contribution is -2.41. The Balaban J connectivity index is 1.49. The van der Waals surface area contributed by atoms with E-state index in [4.69, 9.17) is 8.92 Å². The van der Waals surface area contributed by atoms with E-state index in [1.54, 1.807) is 4.90 Å². The fourth-order valence-electron chi connectivity index (χ4n) is 3.83. The molecule has 0 N–H and O–H groups in total. The molecular weight excluding hydrogens is 408 g/mol. The first-order valence-electron chi connectivity index (χ1n) is 10.4. The van der Waals surface area contributed by atoms with Gasteiger partial charge in [0.2, 0.25) is 0 Å². The van der Waals surface area contributed by atoms with Crippen molar-refractivity contribution in [3.63, 3.8) is 0 Å². The van der Waals surface area contributed by atoms with E-state index in [0.717, 1.165) is 30.6 Å². The first kappa shape index (κ1) is 22.7. The highest BCUT2D eigenvalue weighted by Crippen LogP contribution is 2.28. The number of likely N-dealkylation sites (tertiary alicyclic amines) is 1. The normalized spacial score (nSPS) is 19.7. The third-order valence-electron chi connectivity index (χ3n) is 5.31. The molecule has 1 amide bonds. The molecule has 9 nitrogen and oxygen atoms in total. The van der Waals surface area contributed by atoms with Crippen LogP contribution < -0.4 is 4.90 Å². The third-order valence-corrected chi connectivity index (χ3v) is 5.93. The number of amides is 1. The topological polar surface area (TPSA) is 102 Å². The van der Waals surface area contributed by atoms with Crippen molar-refractivity contribution >= 4 is 22.0 Å². The maximum atomic E-state index is 12.2. The van der Waals surface area contributed by atoms with Crippen molar-refractivity contribution in [1.82, 2.24) is 15.1 Å². The van der Waals surface area contributed by atoms with E-state index in [2.05, 4.69) is 15.1 Å². The lowest BCUT2D eigenvalue weighted by Gasteiger charge is -2.33. The van der Waals surface area contributed by atoms with Crippen LogP contribution in [-0.4, -0.2) is 73.7 Å². The molecule has 3 heterocycles. The number of aromatic nitrogens is 2. The van der Waals surface area contributed by atoms with E-state index in [1.807, 2.05) is 32.9 Å². The molecule has 2 aliphatic heterocycles. The van der Waals surface area contributed by atoms with Crippen molar-refractivity contribution < 1.29 is 22.1 Å². The lowest BCUT2D eigenvalue weighted by atomic mass is 9.93. The van der Waals surface area contributed by atoms with Crippen LogP contribution >= 0.6 is 0 Å². The van der Waals surface area contributed by atoms with Crippen LogP contribution in [0.5, 0.6) is 0 Å². The molecule has 2 aliphatic rings. The Morgan fingerprint density at radius 3 is 2.17 bits per heavy atom. The number of anilines is 1. The zero-order valence-corrected chi connectivity index (χ0v) is 19.0. The van der Waals surface area contributed by atoms with Crippen molar-refractivity contribution in [3.05, 3.63) is 17.8 Å². The second-order valence-electron chi connectivity index (χ2n) is 9.04. The quantitative estimate of drug-likeness (QED) is 0.658. The van der Waals surface area contributed by atoms with Gasteiger partial charge in [-0.25, -0.2) is 4.79 Å². The molecule has 0 aliphatic carbocycles. The minimum absolute atomic E-state index is 0.259. The maximum absolute atomic E-state index is 12.2. The monoisotopic (exact) mass is 440 g/mol. The van der Waals surface area contributed by atoms with Crippen LogP contribution in [0.25, 0.3) is 0 Å². The second kappa shape index (κ2) is 9.05. The molecule has 0 spiro atoms. The molecule has 10 heteroatoms. The van der Waals surface area contributed by atoms with E-state index >= 15 is 0 Å². The Morgan fingerprint density at radius 2 is 1.67 bits per heavy atom. The molecule has 0 radical (unpaired) electrons. The van der Waals surface area contributed by atoms with E-state index in [1.165, 1.54) is 0 Å². The van der Waals surface area contributed by atoms with Crippen molar-refractivity contribution in [3.8, 4) is 0 Å². The van der Waals surface area contributed by atoms with E-state index in [0.29, 0.717) is 39.0 Å². The summed E-state index contributed by atoms with van der Waals surface area (Å²) in [5.41, 5.74) is 0.457. The van der Waals surface area contributed by atoms with Gasteiger partial charge in [-0.05, 0) is 58.6 Å². The number of carbonyl (C=O) groups is 1. The van der Waals surface area contributed by atoms with Crippen LogP contribution in [0.15, 0.2) is 12.1 Å². The van der Waals surface area contributed by atoms with E-state index in [-0.39, 0.29) is 18.1 Å². The van der Waals surface area contributed by atoms with Crippen LogP contribution in [0.2, 0.25) is 0 Å². The van der Waals surface area contributed by atoms with Crippen LogP contribution in [0.1, 0.15) is 58.1 Å². The van der Waals surface area contributed by atoms with E-state index < -0.39 is 15.7 Å². The number of rotatable bonds is 4. The SMILES string of the molecule is CC(C)(C)OC(=O)N1CCC(c2ccc(N3CCC(OS(C)(=O)=O)CC3)nn2)CC1. The fourth-order valence-corrected chi connectivity index (χ4v) is 4.52. The summed E-state index contributed by atoms with van der Waals surface area (Å²) >= 11 is 0. The number of nitrogens with zero attached hydrogens (tertiary/aromatic N) is 4. The summed E-state index contributed by atoms with van der Waals surface area (Å²) in [6.45, 7) is 8.28. The van der Waals surface area contributed by atoms with Gasteiger partial charge in [-0.1, -0.05) is 0 Å². The average molecular weight is 441 g/mol. The van der Waals surface area contributed by atoms with E-state index in [9.17, 15) is 13.2 Å². The smallest absolute Gasteiger partial charge is 0.410 e. The first-order valence-corrected chi connectivity index (χ1v) is 12.3. The molecule has 2 saturated heterocycles. The Morgan fingerprint density at radius 1 is 1.03 bits per heavy atom. The maximum Gasteiger partial charge on any atom is 0.410 e. The van der Waals surface area contributed by atoms with Gasteiger partial charge in [-0.3, -0.25) is 4.18 Å². The third kappa shape index (κ3) is 6.53. The summed E-state index contributed by atoms with van der Waals surface area (Å²) in [6, 6.07) is 3.98. The van der Waals surface area contributed by atoms with Crippen LogP contribution in [-0.2, 0) is 19.0 Å². The Kier molecular flexibility index (Phi) is 6.86. The van der Waals surface area contributed by atoms with Crippen LogP contribution in [0.4, 0.5) is 10.6 Å². The number of hydrogen-bond donors (Lipinski definition) is 0. The minimum atomic E-state index is -3.42. The summed E-state index contributed by atoms with van der Waals surface area (Å²) in [6.07, 6.45) is 3.51. The average Bonchev–Trinajstić information content (AvgIpc) is 2.66. The molecular formula is C20H32N4O5S. The Bertz CT molecular complexity index is 822. The molecule has 0 bridgehead atoms. The lowest BCUT2D eigenvalue weighted by molar-refractivity contribution is 0.0204. The summed E-state index contributed by atoms with van der Waals surface area (Å²) in [5.74, 6) is 1.07. The highest BCUT2D eigenvalue weighted by atomic mass is 32.2. The molecule has 30 heavy (non-hydrogen) atoms. The molecule has 3 rings (SSSR count). The standard InChI is InChI=1S/C20H32N4O5S/c1-20(2,3)28-19(25)24-11-7-15(8-12-24)17-5-6-18(22-21-17)23-13-9-16(10-14-23)29-30(4,26)27/h5-6,15-16H,7-14H2,1-4H3. The molecule has 1 aromatic rings. The van der Waals surface area contributed by atoms with Gasteiger partial charge in [-0.15, -0.1) is 5.10 Å². The Labute approximate surface area is 178 Å². The molecule has 0 atom stereocenters. The summed E-state index contributed by atoms with van der Waals surface area (Å²) < 4.78 is 33.1. The fraction of sp³-hybridized carbons (Fsp3) is 0.750. The number of carbonyl (C=O) groups excluding carboxylic acids is 1. The van der Waals surface area contributed by atoms with Gasteiger partial charge in [0.05, 0.1) is 18.1 Å². The highest BCUT2D eigenvalue weighted by Gasteiger charge is 2.29. The first-order chi connectivity index (χ1) is 14.0. The Hall–Kier alpha value is -1.94. The van der Waals surface area contributed by atoms with Gasteiger partial charge in [0.15, 0.2) is 5.82 Å². The van der Waals surface area contributed by atoms with Gasteiger partial charge in [-0.2, -0.15) is 13.5 Å². The number of hydrogen-bond acceptors (Lipinski definition) is 8. The van der Waals surface area contributed by atoms with Crippen LogP contribution in [0, 0.1) is 0 Å². The molecule has 0 unspecified atom stereocenters. The van der Waals surface area contributed by atoms with Gasteiger partial charge in [0.1, 0.15) is 5.60 Å². The van der Waals surface area contributed by atoms with Gasteiger partial charge >= 0.3 is 6.09 Å². The van der Waals surface area contributed by atoms with Gasteiger partial charge < -0.3 is 14.5 Å². The minimum Gasteiger partial charge on any atom is -0.444 e. The zero-order chi connectivity index (χ0) is 21.9. The second-order valence-corrected chi connectivity index (χ2v) is 10.6. The molecule has 1 aromatic heterocycles. The summed E-state index contributed by atoms with van der Waals surface area (Å²) in [4.78, 5) is 16.1. The van der Waals surface area contributed by atoms with Crippen molar-refractivity contribution in [2.75, 3.05) is 37.3 Å². The highest BCUT2D eigenvalue weighted by molar-refractivity contribution is 7.86. The van der Waals surface area contributed by atoms with Crippen molar-refractivity contribution in [2.45, 2.75) is 64.1 Å². The zero-order valence-electron chi connectivity index (χ0n) is 18.2. The molecule has 2 fully saturated rings. The molecule has 0 aromatic carbocycles. The predicted molar refractivity (Wildman–Crippen MR) is 113 cm³/mol. The molecule has 168 valence electrons. The van der Waals surface area contributed by atoms with Gasteiger partial charge in [0.25, 0.3) is 10.1 Å². The van der Waals surface area contributed by atoms with Crippen molar-refractivity contribution in [1.29, 1.82) is 0 Å². The number of piperidine rings is 2. The predicted octanol–water partition coefficient (Wildman–Crippen LogP) is 2.54. The van der Waals surface area contributed by atoms with Gasteiger partial charge in [0, 0.05) is 32.1 Å².